The summed E-state index contributed by atoms with van der Waals surface area (Å²) in [6.07, 6.45) is -12.8. The van der Waals surface area contributed by atoms with Crippen LogP contribution < -0.4 is 0 Å². The minimum absolute atomic E-state index is 0.124. The van der Waals surface area contributed by atoms with E-state index in [1.165, 1.54) is 0 Å². The number of hydrogen-bond acceptors (Lipinski definition) is 3. The molecule has 0 radical (unpaired) electrons. The highest BCUT2D eigenvalue weighted by Crippen LogP contribution is 2.68. The minimum atomic E-state index is -6.04. The van der Waals surface area contributed by atoms with Crippen LogP contribution in [0.2, 0.25) is 0 Å². The molecule has 0 aromatic rings. The number of halogens is 6. The average molecular weight is 463 g/mol. The van der Waals surface area contributed by atoms with Gasteiger partial charge in [-0.15, -0.1) is 0 Å². The van der Waals surface area contributed by atoms with E-state index in [-0.39, 0.29) is 23.2 Å². The highest BCUT2D eigenvalue weighted by atomic mass is 19.4. The molecule has 2 N–H and O–H groups in total. The van der Waals surface area contributed by atoms with Gasteiger partial charge in [0.2, 0.25) is 0 Å². The molecule has 2 aliphatic rings. The van der Waals surface area contributed by atoms with Gasteiger partial charge in [-0.2, -0.15) is 26.3 Å². The Morgan fingerprint density at radius 1 is 0.935 bits per heavy atom. The van der Waals surface area contributed by atoms with Gasteiger partial charge >= 0.3 is 12.4 Å². The summed E-state index contributed by atoms with van der Waals surface area (Å²) in [6, 6.07) is 0. The maximum atomic E-state index is 13.4. The average Bonchev–Trinajstić information content (AvgIpc) is 3.06. The number of aliphatic hydroxyl groups excluding tert-OH is 1. The Labute approximate surface area is 180 Å². The van der Waals surface area contributed by atoms with Crippen LogP contribution in [-0.4, -0.2) is 40.1 Å². The number of rotatable bonds is 5. The Balaban J connectivity index is 2.40. The third-order valence-electron chi connectivity index (χ3n) is 7.93. The van der Waals surface area contributed by atoms with Gasteiger partial charge in [-0.3, -0.25) is 0 Å². The lowest BCUT2D eigenvalue weighted by atomic mass is 9.56. The van der Waals surface area contributed by atoms with Crippen molar-refractivity contribution < 1.29 is 41.3 Å². The monoisotopic (exact) mass is 462 g/mol. The molecular formula is C22H36F6O3. The van der Waals surface area contributed by atoms with Crippen molar-refractivity contribution in [3.63, 3.8) is 0 Å². The van der Waals surface area contributed by atoms with Gasteiger partial charge in [-0.25, -0.2) is 0 Å². The van der Waals surface area contributed by atoms with Gasteiger partial charge in [0.05, 0.1) is 0 Å². The molecule has 6 atom stereocenters. The fourth-order valence-corrected chi connectivity index (χ4v) is 6.57. The SMILES string of the molecule is CC(C)C1C2CC(C1C(C)(C)C)C(C)(C(O)OC(C)(C)C(O)(C(F)(F)F)C(F)(F)F)C2. The molecule has 2 saturated carbocycles. The van der Waals surface area contributed by atoms with E-state index < -0.39 is 35.3 Å². The molecule has 0 aromatic heterocycles. The summed E-state index contributed by atoms with van der Waals surface area (Å²) in [5.74, 6) is 0.909. The molecule has 2 rings (SSSR count). The van der Waals surface area contributed by atoms with Crippen LogP contribution in [0.25, 0.3) is 0 Å². The summed E-state index contributed by atoms with van der Waals surface area (Å²) in [4.78, 5) is 0. The predicted octanol–water partition coefficient (Wildman–Crippen LogP) is 5.94. The van der Waals surface area contributed by atoms with Crippen molar-refractivity contribution in [3.8, 4) is 0 Å². The maximum Gasteiger partial charge on any atom is 0.429 e. The molecule has 0 saturated heterocycles. The fraction of sp³-hybridized carbons (Fsp3) is 1.00. The van der Waals surface area contributed by atoms with E-state index in [4.69, 9.17) is 4.74 Å². The first-order chi connectivity index (χ1) is 13.5. The van der Waals surface area contributed by atoms with E-state index in [2.05, 4.69) is 34.6 Å². The van der Waals surface area contributed by atoms with Gasteiger partial charge in [-0.1, -0.05) is 41.5 Å². The summed E-state index contributed by atoms with van der Waals surface area (Å²) in [5.41, 5.74) is -9.48. The molecule has 0 aliphatic heterocycles. The highest BCUT2D eigenvalue weighted by Gasteiger charge is 2.78. The smallest absolute Gasteiger partial charge is 0.371 e. The van der Waals surface area contributed by atoms with E-state index in [9.17, 15) is 36.6 Å². The van der Waals surface area contributed by atoms with Gasteiger partial charge in [-0.05, 0) is 61.7 Å². The molecule has 0 heterocycles. The molecule has 6 unspecified atom stereocenters. The van der Waals surface area contributed by atoms with Crippen LogP contribution >= 0.6 is 0 Å². The predicted molar refractivity (Wildman–Crippen MR) is 104 cm³/mol. The van der Waals surface area contributed by atoms with Crippen molar-refractivity contribution >= 4 is 0 Å². The van der Waals surface area contributed by atoms with Crippen molar-refractivity contribution in [1.29, 1.82) is 0 Å². The number of fused-ring (bicyclic) bond motifs is 2. The van der Waals surface area contributed by atoms with Crippen molar-refractivity contribution in [1.82, 2.24) is 0 Å². The zero-order valence-corrected chi connectivity index (χ0v) is 19.4. The third kappa shape index (κ3) is 4.01. The molecule has 0 aromatic carbocycles. The first-order valence-electron chi connectivity index (χ1n) is 10.7. The van der Waals surface area contributed by atoms with Crippen LogP contribution in [0, 0.1) is 40.4 Å². The fourth-order valence-electron chi connectivity index (χ4n) is 6.57. The molecule has 9 heteroatoms. The number of aliphatic hydroxyl groups is 2. The lowest BCUT2D eigenvalue weighted by Gasteiger charge is -2.52. The van der Waals surface area contributed by atoms with E-state index >= 15 is 0 Å². The number of ether oxygens (including phenoxy) is 1. The molecule has 3 nitrogen and oxygen atoms in total. The normalized spacial score (nSPS) is 34.0. The van der Waals surface area contributed by atoms with Crippen LogP contribution in [0.1, 0.15) is 68.2 Å². The molecule has 0 amide bonds. The van der Waals surface area contributed by atoms with E-state index in [0.717, 1.165) is 6.42 Å². The first-order valence-corrected chi connectivity index (χ1v) is 10.7. The van der Waals surface area contributed by atoms with Crippen molar-refractivity contribution in [2.24, 2.45) is 40.4 Å². The molecule has 0 spiro atoms. The molecule has 184 valence electrons. The second-order valence-electron chi connectivity index (χ2n) is 11.7. The van der Waals surface area contributed by atoms with Gasteiger partial charge in [0.15, 0.2) is 6.29 Å². The lowest BCUT2D eigenvalue weighted by molar-refractivity contribution is -0.427. The lowest BCUT2D eigenvalue weighted by Crippen LogP contribution is -2.70. The van der Waals surface area contributed by atoms with Gasteiger partial charge in [0, 0.05) is 5.41 Å². The van der Waals surface area contributed by atoms with Gasteiger partial charge in [0.25, 0.3) is 5.60 Å². The quantitative estimate of drug-likeness (QED) is 0.393. The Hall–Kier alpha value is -0.540. The van der Waals surface area contributed by atoms with Crippen LogP contribution in [0.3, 0.4) is 0 Å². The standard InChI is InChI=1S/C22H36F6O3/c1-11(2)14-12-9-13(15(14)17(3,4)5)19(8,10-12)16(29)31-18(6,7)20(30,21(23,24)25)22(26,27)28/h11-16,29-30H,9-10H2,1-8H3. The van der Waals surface area contributed by atoms with Gasteiger partial charge in [0.1, 0.15) is 5.60 Å². The second-order valence-corrected chi connectivity index (χ2v) is 11.7. The van der Waals surface area contributed by atoms with Crippen LogP contribution in [0.15, 0.2) is 0 Å². The molecule has 2 fully saturated rings. The molecule has 31 heavy (non-hydrogen) atoms. The van der Waals surface area contributed by atoms with Crippen LogP contribution in [-0.2, 0) is 4.74 Å². The topological polar surface area (TPSA) is 49.7 Å². The van der Waals surface area contributed by atoms with E-state index in [1.54, 1.807) is 6.92 Å². The summed E-state index contributed by atoms with van der Waals surface area (Å²) in [6.45, 7) is 13.1. The minimum Gasteiger partial charge on any atom is -0.371 e. The van der Waals surface area contributed by atoms with Crippen LogP contribution in [0.5, 0.6) is 0 Å². The van der Waals surface area contributed by atoms with E-state index in [0.29, 0.717) is 32.1 Å². The van der Waals surface area contributed by atoms with E-state index in [1.807, 2.05) is 0 Å². The summed E-state index contributed by atoms with van der Waals surface area (Å²) >= 11 is 0. The first kappa shape index (κ1) is 26.7. The highest BCUT2D eigenvalue weighted by molar-refractivity contribution is 5.12. The Kier molecular flexibility index (Phi) is 6.45. The third-order valence-corrected chi connectivity index (χ3v) is 7.93. The van der Waals surface area contributed by atoms with Gasteiger partial charge < -0.3 is 14.9 Å². The maximum absolute atomic E-state index is 13.4. The Morgan fingerprint density at radius 3 is 1.74 bits per heavy atom. The van der Waals surface area contributed by atoms with Crippen LogP contribution in [0.4, 0.5) is 26.3 Å². The second kappa shape index (κ2) is 7.49. The summed E-state index contributed by atoms with van der Waals surface area (Å²) in [5, 5.41) is 20.7. The largest absolute Gasteiger partial charge is 0.429 e. The summed E-state index contributed by atoms with van der Waals surface area (Å²) in [7, 11) is 0. The summed E-state index contributed by atoms with van der Waals surface area (Å²) < 4.78 is 85.5. The molecule has 2 bridgehead atoms. The van der Waals surface area contributed by atoms with Crippen molar-refractivity contribution in [2.75, 3.05) is 0 Å². The molecular weight excluding hydrogens is 426 g/mol. The zero-order valence-electron chi connectivity index (χ0n) is 19.4. The Bertz CT molecular complexity index is 650. The number of hydrogen-bond donors (Lipinski definition) is 2. The Morgan fingerprint density at radius 2 is 1.39 bits per heavy atom. The molecule has 2 aliphatic carbocycles. The van der Waals surface area contributed by atoms with Crippen molar-refractivity contribution in [2.45, 2.75) is 98.1 Å². The zero-order chi connectivity index (χ0) is 24.6. The number of alkyl halides is 6. The van der Waals surface area contributed by atoms with Crippen molar-refractivity contribution in [3.05, 3.63) is 0 Å².